The van der Waals surface area contributed by atoms with E-state index in [-0.39, 0.29) is 104 Å². The number of primary amides is 1. The summed E-state index contributed by atoms with van der Waals surface area (Å²) in [6.45, 7) is 11.8. The Morgan fingerprint density at radius 2 is 1.28 bits per heavy atom. The van der Waals surface area contributed by atoms with Crippen LogP contribution in [0.5, 0.6) is 0 Å². The van der Waals surface area contributed by atoms with E-state index < -0.39 is 138 Å². The summed E-state index contributed by atoms with van der Waals surface area (Å²) in [5.41, 5.74) is 12.3. The molecule has 0 saturated carbocycles. The van der Waals surface area contributed by atoms with Gasteiger partial charge < -0.3 is 69.5 Å². The second-order valence-corrected chi connectivity index (χ2v) is 29.5. The molecule has 2 fully saturated rings. The van der Waals surface area contributed by atoms with Gasteiger partial charge in [-0.2, -0.15) is 0 Å². The molecule has 1 aromatic carbocycles. The van der Waals surface area contributed by atoms with E-state index in [0.29, 0.717) is 55.1 Å². The van der Waals surface area contributed by atoms with Crippen molar-refractivity contribution in [3.8, 4) is 0 Å². The summed E-state index contributed by atoms with van der Waals surface area (Å²) in [5.74, 6) is -13.4. The first-order chi connectivity index (χ1) is 45.4. The van der Waals surface area contributed by atoms with Gasteiger partial charge in [0.15, 0.2) is 23.3 Å². The fourth-order valence-electron chi connectivity index (χ4n) is 10.8. The number of oxime groups is 2. The highest BCUT2D eigenvalue weighted by atomic mass is 33.1. The molecule has 2 aliphatic heterocycles. The average molecular weight is 1400 g/mol. The van der Waals surface area contributed by atoms with Crippen molar-refractivity contribution < 1.29 is 73.1 Å². The molecule has 7 amide bonds. The Hall–Kier alpha value is -7.12. The van der Waals surface area contributed by atoms with Gasteiger partial charge in [-0.05, 0) is 116 Å². The van der Waals surface area contributed by atoms with Crippen LogP contribution in [-0.2, 0) is 64.0 Å². The number of amides is 7. The number of carbonyl (C=O) groups excluding carboxylic acids is 11. The van der Waals surface area contributed by atoms with Crippen molar-refractivity contribution in [1.29, 1.82) is 5.41 Å². The largest absolute Gasteiger partial charge is 0.481 e. The quantitative estimate of drug-likeness (QED) is 0.0122. The number of rotatable bonds is 32. The van der Waals surface area contributed by atoms with Crippen molar-refractivity contribution in [2.75, 3.05) is 49.2 Å². The van der Waals surface area contributed by atoms with E-state index in [9.17, 15) is 73.1 Å². The van der Waals surface area contributed by atoms with Gasteiger partial charge in [0.1, 0.15) is 17.9 Å². The molecule has 31 heteroatoms. The Balaban J connectivity index is 1.85. The average Bonchev–Trinajstić information content (AvgIpc) is 1.20. The highest BCUT2D eigenvalue weighted by molar-refractivity contribution is 8.76. The Kier molecular flexibility index (Phi) is 38.0. The van der Waals surface area contributed by atoms with Crippen LogP contribution in [0.3, 0.4) is 0 Å². The van der Waals surface area contributed by atoms with Gasteiger partial charge in [0.2, 0.25) is 41.4 Å². The maximum absolute atomic E-state index is 14.6. The van der Waals surface area contributed by atoms with Crippen LogP contribution in [0.2, 0.25) is 0 Å². The molecule has 2 heterocycles. The SMILES string of the molecule is C/C(=N/O)C(C)(C)CCCC(CCCC(=O)CCCC(=O)NCCCC[C@@H]1NC(=O)CSC[C@@H](C(N)=O)NC(=O)[C@H](Cc2ccccc2)CC(=O)[C@@H]2CSSC[C@H](NC1=O)C(=O)C[C@@H](CCCNC(=N)N)C(=O)NCC(=O)C[C@@H](CC(=O)O)C(=O)N2)CCNC(C)(C)/C(C)=N\O. The second kappa shape index (κ2) is 43.9. The topological polar surface area (TPSA) is 462 Å². The summed E-state index contributed by atoms with van der Waals surface area (Å²) < 4.78 is 0. The Morgan fingerprint density at radius 1 is 0.667 bits per heavy atom. The maximum atomic E-state index is 14.6. The molecule has 2 bridgehead atoms. The molecule has 2 saturated heterocycles. The highest BCUT2D eigenvalue weighted by Gasteiger charge is 2.36. The summed E-state index contributed by atoms with van der Waals surface area (Å²) in [4.78, 5) is 164. The number of nitrogens with one attached hydrogen (secondary N) is 9. The normalized spacial score (nSPS) is 22.0. The molecule has 1 unspecified atom stereocenters. The van der Waals surface area contributed by atoms with Crippen LogP contribution in [-0.4, -0.2) is 182 Å². The molecule has 2 aliphatic rings. The van der Waals surface area contributed by atoms with Crippen LogP contribution < -0.4 is 54.0 Å². The molecule has 3 rings (SSSR count). The molecule has 0 aliphatic carbocycles. The number of ketones is 4. The number of unbranched alkanes of at least 4 members (excludes halogenated alkanes) is 1. The molecule has 28 nitrogen and oxygen atoms in total. The number of hydrogen-bond donors (Lipinski definition) is 14. The predicted octanol–water partition coefficient (Wildman–Crippen LogP) is 3.84. The smallest absolute Gasteiger partial charge is 0.304 e. The molecule has 0 spiro atoms. The molecular formula is C65H103N13O15S3. The lowest BCUT2D eigenvalue weighted by Gasteiger charge is -2.28. The standard InChI is InChI=1S/C65H103N13O15S3/c1-40(77-92)64(3,4)26-14-19-42(25-29-72-65(5,6)41(2)78-93)18-12-21-47(79)22-13-24-55(83)69-27-11-10-23-49-62(91)75-51-38-96-95-37-50(54(82)33-45(30-43-16-8-7-9-17-43)60(89)76-52(58(66)87)36-94-39-56(84)73-49)74-61(90)46(34-57(85)86)31-48(80)35-71-59(88)44(32-53(51)81)20-15-28-70-63(67)68/h7-9,16-17,42,44-46,49-52,72,92-93H,10-15,18-39H2,1-6H3,(H2,66,87)(H,69,83)(H,71,88)(H,73,84)(H,74,90)(H,75,91)(H,76,89)(H,85,86)(H4,67,68,70)/b77-40-,78-41-/t42?,44-,45-,46+,49+,50+,51+,52+/m1/s1. The number of hydrogen-bond acceptors (Lipinski definition) is 21. The van der Waals surface area contributed by atoms with E-state index in [1.807, 2.05) is 27.7 Å². The number of carboxylic acids is 1. The minimum absolute atomic E-state index is 0.00346. The first-order valence-corrected chi connectivity index (χ1v) is 36.5. The highest BCUT2D eigenvalue weighted by Crippen LogP contribution is 2.30. The fourth-order valence-corrected chi connectivity index (χ4v) is 14.1. The zero-order chi connectivity index (χ0) is 71.4. The van der Waals surface area contributed by atoms with Crippen LogP contribution in [0.1, 0.15) is 169 Å². The van der Waals surface area contributed by atoms with E-state index in [2.05, 4.69) is 52.8 Å². The molecule has 96 heavy (non-hydrogen) atoms. The predicted molar refractivity (Wildman–Crippen MR) is 370 cm³/mol. The number of guanidine groups is 1. The van der Waals surface area contributed by atoms with Crippen molar-refractivity contribution in [3.05, 3.63) is 35.9 Å². The number of Topliss-reactive ketones (excluding diaryl/α,β-unsaturated/α-hetero) is 4. The van der Waals surface area contributed by atoms with Gasteiger partial charge in [0.25, 0.3) is 0 Å². The Morgan fingerprint density at radius 3 is 1.92 bits per heavy atom. The van der Waals surface area contributed by atoms with E-state index >= 15 is 0 Å². The van der Waals surface area contributed by atoms with Crippen molar-refractivity contribution in [3.63, 3.8) is 0 Å². The third-order valence-electron chi connectivity index (χ3n) is 17.4. The number of nitrogens with two attached hydrogens (primary N) is 2. The van der Waals surface area contributed by atoms with Crippen LogP contribution >= 0.6 is 33.3 Å². The molecule has 536 valence electrons. The summed E-state index contributed by atoms with van der Waals surface area (Å²) in [7, 11) is 2.01. The van der Waals surface area contributed by atoms with E-state index in [1.54, 1.807) is 44.2 Å². The molecule has 8 atom stereocenters. The number of carboxylic acid groups (broad SMARTS) is 1. The van der Waals surface area contributed by atoms with Gasteiger partial charge in [0.05, 0.1) is 53.7 Å². The van der Waals surface area contributed by atoms with Crippen LogP contribution in [0.15, 0.2) is 40.6 Å². The van der Waals surface area contributed by atoms with Crippen molar-refractivity contribution in [1.82, 2.24) is 42.5 Å². The number of benzene rings is 1. The van der Waals surface area contributed by atoms with E-state index in [0.717, 1.165) is 65.5 Å². The van der Waals surface area contributed by atoms with Crippen LogP contribution in [0.4, 0.5) is 0 Å². The lowest BCUT2D eigenvalue weighted by atomic mass is 9.81. The first kappa shape index (κ1) is 83.1. The monoisotopic (exact) mass is 1400 g/mol. The van der Waals surface area contributed by atoms with Crippen molar-refractivity contribution >= 4 is 121 Å². The first-order valence-electron chi connectivity index (χ1n) is 32.9. The number of thioether (sulfide) groups is 1. The van der Waals surface area contributed by atoms with Crippen LogP contribution in [0, 0.1) is 34.5 Å². The number of fused-ring (bicyclic) bond motifs is 5. The number of nitrogens with zero attached hydrogens (tertiary/aromatic N) is 2. The van der Waals surface area contributed by atoms with Gasteiger partial charge in [-0.25, -0.2) is 0 Å². The van der Waals surface area contributed by atoms with Gasteiger partial charge in [0, 0.05) is 86.1 Å². The van der Waals surface area contributed by atoms with E-state index in [4.69, 9.17) is 16.9 Å². The van der Waals surface area contributed by atoms with Gasteiger partial charge in [-0.3, -0.25) is 62.9 Å². The number of carbonyl (C=O) groups is 12. The Labute approximate surface area is 575 Å². The third kappa shape index (κ3) is 32.7. The molecular weight excluding hydrogens is 1300 g/mol. The fraction of sp³-hybridized carbons (Fsp3) is 0.677. The zero-order valence-electron chi connectivity index (χ0n) is 56.3. The molecule has 1 aromatic rings. The number of aliphatic carboxylic acids is 1. The minimum Gasteiger partial charge on any atom is -0.481 e. The molecule has 16 N–H and O–H groups in total. The minimum atomic E-state index is -1.51. The molecule has 0 aromatic heterocycles. The zero-order valence-corrected chi connectivity index (χ0v) is 58.8. The summed E-state index contributed by atoms with van der Waals surface area (Å²) in [6, 6.07) is 3.23. The van der Waals surface area contributed by atoms with Gasteiger partial charge in [-0.1, -0.05) is 88.9 Å². The summed E-state index contributed by atoms with van der Waals surface area (Å²) >= 11 is 0.913. The summed E-state index contributed by atoms with van der Waals surface area (Å²) in [5, 5.41) is 65.0. The van der Waals surface area contributed by atoms with E-state index in [1.165, 1.54) is 0 Å². The second-order valence-electron chi connectivity index (χ2n) is 25.9. The van der Waals surface area contributed by atoms with Gasteiger partial charge in [-0.15, -0.1) is 11.8 Å². The van der Waals surface area contributed by atoms with Crippen LogP contribution in [0.25, 0.3) is 0 Å². The summed E-state index contributed by atoms with van der Waals surface area (Å²) in [6.07, 6.45) is 4.28. The van der Waals surface area contributed by atoms with Crippen molar-refractivity contribution in [2.24, 2.45) is 50.9 Å². The lowest BCUT2D eigenvalue weighted by Crippen LogP contribution is -2.53. The molecule has 0 radical (unpaired) electrons. The maximum Gasteiger partial charge on any atom is 0.304 e. The third-order valence-corrected chi connectivity index (χ3v) is 20.9. The Bertz CT molecular complexity index is 2830. The van der Waals surface area contributed by atoms with Gasteiger partial charge >= 0.3 is 5.97 Å². The van der Waals surface area contributed by atoms with Crippen molar-refractivity contribution in [2.45, 2.75) is 200 Å². The lowest BCUT2D eigenvalue weighted by molar-refractivity contribution is -0.142.